The summed E-state index contributed by atoms with van der Waals surface area (Å²) in [7, 11) is -13.8. The number of hydrogen-bond donors (Lipinski definition) is 7. The molecule has 0 saturated carbocycles. The Kier molecular flexibility index (Phi) is 6.97. The van der Waals surface area contributed by atoms with Crippen LogP contribution in [0.5, 0.6) is 0 Å². The number of hydrogen-bond acceptors (Lipinski definition) is 5. The summed E-state index contributed by atoms with van der Waals surface area (Å²) < 4.78 is 49.1. The van der Waals surface area contributed by atoms with Crippen molar-refractivity contribution in [1.29, 1.82) is 0 Å². The Morgan fingerprint density at radius 1 is 1.13 bits per heavy atom. The molecule has 0 atom stereocenters. The maximum Gasteiger partial charge on any atom is 0.487 e. The molecule has 0 saturated heterocycles. The van der Waals surface area contributed by atoms with E-state index in [2.05, 4.69) is 10.1 Å². The predicted molar refractivity (Wildman–Crippen MR) is 44.0 cm³/mol. The second kappa shape index (κ2) is 5.98. The molecule has 8 N–H and O–H groups in total. The summed E-state index contributed by atoms with van der Waals surface area (Å²) in [6, 6.07) is 0. The third-order valence-corrected chi connectivity index (χ3v) is 1.01. The van der Waals surface area contributed by atoms with E-state index >= 15 is 0 Å². The van der Waals surface area contributed by atoms with E-state index in [1.54, 1.807) is 0 Å². The summed E-state index contributed by atoms with van der Waals surface area (Å²) in [5.41, 5.74) is 4.02. The van der Waals surface area contributed by atoms with Crippen molar-refractivity contribution in [3.05, 3.63) is 0 Å². The summed E-state index contributed by atoms with van der Waals surface area (Å²) in [4.78, 5) is 31.2. The van der Waals surface area contributed by atoms with Gasteiger partial charge in [-0.1, -0.05) is 4.89 Å². The fourth-order valence-electron chi connectivity index (χ4n) is 0.0956. The van der Waals surface area contributed by atoms with Crippen molar-refractivity contribution in [1.82, 2.24) is 4.89 Å². The average Bonchev–Trinajstić information content (AvgIpc) is 1.76. The molecule has 12 nitrogen and oxygen atoms in total. The maximum atomic E-state index is 9.71. The van der Waals surface area contributed by atoms with Gasteiger partial charge in [0.25, 0.3) is 0 Å². The Morgan fingerprint density at radius 3 is 1.47 bits per heavy atom. The Hall–Kier alpha value is 0.0900. The van der Waals surface area contributed by atoms with E-state index in [4.69, 9.17) is 28.7 Å². The molecule has 0 aliphatic heterocycles. The topological polar surface area (TPSA) is 217 Å². The second-order valence-corrected chi connectivity index (χ2v) is 5.19. The van der Waals surface area contributed by atoms with E-state index in [-0.39, 0.29) is 0 Å². The van der Waals surface area contributed by atoms with Gasteiger partial charge in [-0.15, -0.1) is 0 Å². The van der Waals surface area contributed by atoms with Crippen LogP contribution in [0.15, 0.2) is 0 Å². The lowest BCUT2D eigenvalue weighted by Gasteiger charge is -2.01. The zero-order valence-electron chi connectivity index (χ0n) is 6.66. The van der Waals surface area contributed by atoms with Crippen LogP contribution in [-0.2, 0) is 24.1 Å². The molecular weight excluding hydrogens is 282 g/mol. The van der Waals surface area contributed by atoms with Gasteiger partial charge in [0.1, 0.15) is 0 Å². The minimum atomic E-state index is -4.91. The van der Waals surface area contributed by atoms with Crippen LogP contribution < -0.4 is 10.4 Å². The number of nitrogens with one attached hydrogen (secondary N) is 1. The normalized spacial score (nSPS) is 12.9. The van der Waals surface area contributed by atoms with E-state index in [1.165, 1.54) is 0 Å². The zero-order valence-corrected chi connectivity index (χ0v) is 9.26. The average molecular weight is 290 g/mol. The highest BCUT2D eigenvalue weighted by Gasteiger charge is 2.17. The van der Waals surface area contributed by atoms with Gasteiger partial charge in [-0.3, -0.25) is 4.55 Å². The molecule has 0 heterocycles. The highest BCUT2D eigenvalue weighted by molar-refractivity contribution is 7.83. The highest BCUT2D eigenvalue weighted by atomic mass is 32.2. The van der Waals surface area contributed by atoms with Gasteiger partial charge in [-0.2, -0.15) is 13.0 Å². The van der Waals surface area contributed by atoms with Crippen molar-refractivity contribution in [2.75, 3.05) is 0 Å². The Labute approximate surface area is 83.3 Å². The van der Waals surface area contributed by atoms with Crippen LogP contribution >= 0.6 is 15.6 Å². The van der Waals surface area contributed by atoms with Gasteiger partial charge in [0.15, 0.2) is 0 Å². The molecule has 0 fully saturated rings. The first-order valence-corrected chi connectivity index (χ1v) is 7.18. The lowest BCUT2D eigenvalue weighted by atomic mass is 13.5. The summed E-state index contributed by atoms with van der Waals surface area (Å²) >= 11 is 0. The fourth-order valence-corrected chi connectivity index (χ4v) is 0.861. The summed E-state index contributed by atoms with van der Waals surface area (Å²) in [6.45, 7) is 0. The minimum Gasteiger partial charge on any atom is -0.313 e. The van der Waals surface area contributed by atoms with Crippen molar-refractivity contribution in [2.24, 2.45) is 5.50 Å². The van der Waals surface area contributed by atoms with E-state index < -0.39 is 25.9 Å². The maximum absolute atomic E-state index is 9.71. The van der Waals surface area contributed by atoms with Gasteiger partial charge in [-0.05, 0) is 0 Å². The molecule has 0 aromatic heterocycles. The van der Waals surface area contributed by atoms with Gasteiger partial charge in [0, 0.05) is 0 Å². The minimum absolute atomic E-state index is 0.726. The molecule has 0 aromatic carbocycles. The molecular formula is H8N2O10P2S. The van der Waals surface area contributed by atoms with E-state index in [0.29, 0.717) is 0 Å². The SMILES string of the molecule is NP(=O)(O)O.O=P(O)(O)ONS(=O)(=O)O. The van der Waals surface area contributed by atoms with Crippen molar-refractivity contribution in [3.8, 4) is 0 Å². The molecule has 0 unspecified atom stereocenters. The predicted octanol–water partition coefficient (Wildman–Crippen LogP) is -2.56. The first-order chi connectivity index (χ1) is 6.21. The van der Waals surface area contributed by atoms with Gasteiger partial charge in [-0.25, -0.2) is 14.6 Å². The Balaban J connectivity index is 0. The number of phosphoric acid groups is 1. The van der Waals surface area contributed by atoms with Crippen LogP contribution in [0, 0.1) is 0 Å². The molecule has 0 rings (SSSR count). The molecule has 15 heavy (non-hydrogen) atoms. The van der Waals surface area contributed by atoms with Crippen LogP contribution in [0.3, 0.4) is 0 Å². The third kappa shape index (κ3) is 41.0. The van der Waals surface area contributed by atoms with Crippen LogP contribution in [0.25, 0.3) is 0 Å². The van der Waals surface area contributed by atoms with Gasteiger partial charge < -0.3 is 19.6 Å². The van der Waals surface area contributed by atoms with Crippen LogP contribution in [0.4, 0.5) is 0 Å². The van der Waals surface area contributed by atoms with Crippen LogP contribution in [-0.4, -0.2) is 32.5 Å². The van der Waals surface area contributed by atoms with Gasteiger partial charge >= 0.3 is 25.9 Å². The van der Waals surface area contributed by atoms with Crippen molar-refractivity contribution in [2.45, 2.75) is 0 Å². The van der Waals surface area contributed by atoms with Crippen molar-refractivity contribution >= 4 is 25.9 Å². The number of rotatable bonds is 3. The molecule has 0 bridgehead atoms. The highest BCUT2D eigenvalue weighted by Crippen LogP contribution is 2.33. The van der Waals surface area contributed by atoms with E-state index in [1.807, 2.05) is 0 Å². The molecule has 0 radical (unpaired) electrons. The molecule has 0 aromatic rings. The smallest absolute Gasteiger partial charge is 0.313 e. The molecule has 15 heteroatoms. The van der Waals surface area contributed by atoms with Gasteiger partial charge in [0.05, 0.1) is 0 Å². The van der Waals surface area contributed by atoms with Gasteiger partial charge in [0.2, 0.25) is 0 Å². The van der Waals surface area contributed by atoms with Crippen molar-refractivity contribution in [3.63, 3.8) is 0 Å². The first-order valence-electron chi connectivity index (χ1n) is 2.53. The summed E-state index contributed by atoms with van der Waals surface area (Å²) in [5, 5.41) is 0. The molecule has 0 aliphatic rings. The second-order valence-electron chi connectivity index (χ2n) is 1.73. The van der Waals surface area contributed by atoms with Crippen molar-refractivity contribution < 1.29 is 46.3 Å². The molecule has 0 aliphatic carbocycles. The standard InChI is InChI=1S/H4NO7PS.H4NO3P/c2-9(3,4)8-1-10(5,6)7;1-5(2,3)4/h1H,(H2,2,3,4)(H,5,6,7);(H4,1,2,3,4). The molecule has 0 spiro atoms. The lowest BCUT2D eigenvalue weighted by Crippen LogP contribution is -2.21. The molecule has 94 valence electrons. The first kappa shape index (κ1) is 17.5. The van der Waals surface area contributed by atoms with Crippen LogP contribution in [0.2, 0.25) is 0 Å². The van der Waals surface area contributed by atoms with E-state index in [0.717, 1.165) is 4.89 Å². The lowest BCUT2D eigenvalue weighted by molar-refractivity contribution is 0.162. The summed E-state index contributed by atoms with van der Waals surface area (Å²) in [5.74, 6) is 0. The molecule has 0 amide bonds. The Bertz CT molecular complexity index is 349. The monoisotopic (exact) mass is 290 g/mol. The zero-order chi connectivity index (χ0) is 12.9. The fraction of sp³-hybridized carbons (Fsp3) is 0. The largest absolute Gasteiger partial charge is 0.487 e. The third-order valence-electron chi connectivity index (χ3n) is 0.261. The van der Waals surface area contributed by atoms with E-state index in [9.17, 15) is 13.0 Å². The summed E-state index contributed by atoms with van der Waals surface area (Å²) in [6.07, 6.45) is 0. The Morgan fingerprint density at radius 2 is 1.40 bits per heavy atom. The van der Waals surface area contributed by atoms with Crippen LogP contribution in [0.1, 0.15) is 0 Å². The number of nitrogens with two attached hydrogens (primary N) is 1. The quantitative estimate of drug-likeness (QED) is 0.163.